The summed E-state index contributed by atoms with van der Waals surface area (Å²) < 4.78 is 1.68. The van der Waals surface area contributed by atoms with Gasteiger partial charge in [0, 0.05) is 0 Å². The number of allylic oxidation sites excluding steroid dienone is 1. The minimum atomic E-state index is 0.714. The van der Waals surface area contributed by atoms with E-state index in [4.69, 9.17) is 0 Å². The van der Waals surface area contributed by atoms with Crippen LogP contribution in [0.1, 0.15) is 48.4 Å². The summed E-state index contributed by atoms with van der Waals surface area (Å²) in [7, 11) is 0. The van der Waals surface area contributed by atoms with Crippen LogP contribution in [-0.4, -0.2) is 0 Å². The molecule has 0 aromatic heterocycles. The summed E-state index contributed by atoms with van der Waals surface area (Å²) in [6.07, 6.45) is 3.71. The topological polar surface area (TPSA) is 0 Å². The Hall–Kier alpha value is -0.170. The summed E-state index contributed by atoms with van der Waals surface area (Å²) in [5.74, 6) is 1.50. The molecule has 0 amide bonds. The summed E-state index contributed by atoms with van der Waals surface area (Å²) >= 11 is 1.20. The number of benzene rings is 1. The number of fused-ring (bicyclic) bond motifs is 1. The molecule has 16 heavy (non-hydrogen) atoms. The second-order valence-corrected chi connectivity index (χ2v) is 7.10. The van der Waals surface area contributed by atoms with Crippen molar-refractivity contribution < 1.29 is 24.4 Å². The molecule has 0 saturated heterocycles. The Morgan fingerprint density at radius 1 is 1.25 bits per heavy atom. The zero-order valence-corrected chi connectivity index (χ0v) is 14.2. The standard InChI is InChI=1S/C15H19.Hf/c1-5-10(2)14-7-6-13-8-11(3)12(4)9-15(13)14;/h6,8-10,14H,5H2,1-4H3;. The van der Waals surface area contributed by atoms with Crippen LogP contribution in [0.2, 0.25) is 0 Å². The molecule has 0 fully saturated rings. The van der Waals surface area contributed by atoms with Gasteiger partial charge in [-0.2, -0.15) is 0 Å². The third-order valence-corrected chi connectivity index (χ3v) is 5.53. The Balaban J connectivity index is 2.50. The molecular formula is C15H19Hf. The Morgan fingerprint density at radius 3 is 2.50 bits per heavy atom. The van der Waals surface area contributed by atoms with Gasteiger partial charge in [0.1, 0.15) is 0 Å². The fraction of sp³-hybridized carbons (Fsp3) is 0.467. The van der Waals surface area contributed by atoms with Crippen molar-refractivity contribution in [3.63, 3.8) is 0 Å². The fourth-order valence-electron chi connectivity index (χ4n) is 2.53. The quantitative estimate of drug-likeness (QED) is 0.673. The second kappa shape index (κ2) is 4.60. The molecule has 83 valence electrons. The molecule has 1 aliphatic carbocycles. The van der Waals surface area contributed by atoms with Crippen molar-refractivity contribution in [2.24, 2.45) is 5.92 Å². The Labute approximate surface area is 114 Å². The van der Waals surface area contributed by atoms with Crippen molar-refractivity contribution in [2.45, 2.75) is 40.0 Å². The summed E-state index contributed by atoms with van der Waals surface area (Å²) in [5, 5.41) is 0. The molecule has 0 radical (unpaired) electrons. The summed E-state index contributed by atoms with van der Waals surface area (Å²) in [6, 6.07) is 4.79. The molecule has 0 spiro atoms. The van der Waals surface area contributed by atoms with E-state index in [2.05, 4.69) is 45.9 Å². The van der Waals surface area contributed by atoms with E-state index >= 15 is 0 Å². The van der Waals surface area contributed by atoms with E-state index < -0.39 is 0 Å². The van der Waals surface area contributed by atoms with Gasteiger partial charge in [-0.15, -0.1) is 0 Å². The predicted octanol–water partition coefficient (Wildman–Crippen LogP) is 4.33. The van der Waals surface area contributed by atoms with Gasteiger partial charge in [0.05, 0.1) is 0 Å². The maximum absolute atomic E-state index is 2.44. The van der Waals surface area contributed by atoms with E-state index in [0.29, 0.717) is 5.92 Å². The molecule has 0 nitrogen and oxygen atoms in total. The monoisotopic (exact) mass is 379 g/mol. The van der Waals surface area contributed by atoms with Crippen LogP contribution in [0, 0.1) is 19.8 Å². The minimum absolute atomic E-state index is 0.714. The molecule has 2 rings (SSSR count). The number of hydrogen-bond donors (Lipinski definition) is 0. The van der Waals surface area contributed by atoms with E-state index in [9.17, 15) is 0 Å². The molecular weight excluding hydrogens is 359 g/mol. The molecule has 1 aromatic rings. The van der Waals surface area contributed by atoms with Gasteiger partial charge in [0.15, 0.2) is 0 Å². The number of hydrogen-bond acceptors (Lipinski definition) is 0. The van der Waals surface area contributed by atoms with Gasteiger partial charge in [-0.1, -0.05) is 0 Å². The van der Waals surface area contributed by atoms with Gasteiger partial charge in [-0.05, 0) is 0 Å². The molecule has 0 bridgehead atoms. The van der Waals surface area contributed by atoms with E-state index in [0.717, 1.165) is 5.92 Å². The van der Waals surface area contributed by atoms with Gasteiger partial charge in [-0.3, -0.25) is 0 Å². The van der Waals surface area contributed by atoms with Crippen molar-refractivity contribution >= 4 is 6.08 Å². The normalized spacial score (nSPS) is 20.4. The SMILES string of the molecule is CCC(C)C1[C]([Hf])=Cc2cc(C)c(C)cc21. The second-order valence-electron chi connectivity index (χ2n) is 5.03. The molecule has 1 aromatic carbocycles. The van der Waals surface area contributed by atoms with Crippen molar-refractivity contribution in [2.75, 3.05) is 0 Å². The first-order chi connectivity index (χ1) is 7.54. The molecule has 0 aliphatic heterocycles. The Morgan fingerprint density at radius 2 is 1.88 bits per heavy atom. The van der Waals surface area contributed by atoms with Crippen LogP contribution in [0.4, 0.5) is 0 Å². The van der Waals surface area contributed by atoms with Crippen molar-refractivity contribution in [3.05, 3.63) is 37.7 Å². The van der Waals surface area contributed by atoms with Crippen molar-refractivity contribution in [1.82, 2.24) is 0 Å². The fourth-order valence-corrected chi connectivity index (χ4v) is 4.67. The number of rotatable bonds is 2. The van der Waals surface area contributed by atoms with E-state index in [1.165, 1.54) is 47.5 Å². The van der Waals surface area contributed by atoms with Crippen molar-refractivity contribution in [3.8, 4) is 0 Å². The Bertz CT molecular complexity index is 443. The van der Waals surface area contributed by atoms with E-state index in [1.54, 1.807) is 8.89 Å². The number of aryl methyl sites for hydroxylation is 2. The van der Waals surface area contributed by atoms with Gasteiger partial charge in [0.25, 0.3) is 0 Å². The molecule has 0 saturated carbocycles. The van der Waals surface area contributed by atoms with Gasteiger partial charge in [-0.25, -0.2) is 0 Å². The predicted molar refractivity (Wildman–Crippen MR) is 66.1 cm³/mol. The third kappa shape index (κ3) is 1.99. The third-order valence-electron chi connectivity index (χ3n) is 3.89. The maximum atomic E-state index is 2.44. The van der Waals surface area contributed by atoms with Gasteiger partial charge >= 0.3 is 114 Å². The molecule has 1 heteroatoms. The summed E-state index contributed by atoms with van der Waals surface area (Å²) in [6.45, 7) is 9.14. The van der Waals surface area contributed by atoms with Crippen LogP contribution in [0.3, 0.4) is 0 Å². The summed E-state index contributed by atoms with van der Waals surface area (Å²) in [4.78, 5) is 0. The molecule has 2 atom stereocenters. The van der Waals surface area contributed by atoms with Crippen LogP contribution in [0.15, 0.2) is 15.5 Å². The first-order valence-electron chi connectivity index (χ1n) is 6.09. The summed E-state index contributed by atoms with van der Waals surface area (Å²) in [5.41, 5.74) is 5.94. The Kier molecular flexibility index (Phi) is 3.53. The molecule has 0 heterocycles. The van der Waals surface area contributed by atoms with Crippen molar-refractivity contribution in [1.29, 1.82) is 0 Å². The van der Waals surface area contributed by atoms with Crippen LogP contribution in [0.25, 0.3) is 6.08 Å². The van der Waals surface area contributed by atoms with Crippen LogP contribution < -0.4 is 0 Å². The molecule has 2 unspecified atom stereocenters. The average Bonchev–Trinajstić information content (AvgIpc) is 2.54. The van der Waals surface area contributed by atoms with Gasteiger partial charge < -0.3 is 0 Å². The molecule has 0 N–H and O–H groups in total. The van der Waals surface area contributed by atoms with Crippen LogP contribution >= 0.6 is 0 Å². The van der Waals surface area contributed by atoms with E-state index in [1.807, 2.05) is 0 Å². The molecule has 1 aliphatic rings. The van der Waals surface area contributed by atoms with Crippen LogP contribution in [0.5, 0.6) is 0 Å². The van der Waals surface area contributed by atoms with Crippen LogP contribution in [-0.2, 0) is 24.4 Å². The average molecular weight is 378 g/mol. The first-order valence-corrected chi connectivity index (χ1v) is 7.88. The first kappa shape index (κ1) is 12.3. The van der Waals surface area contributed by atoms with E-state index in [-0.39, 0.29) is 0 Å². The zero-order chi connectivity index (χ0) is 11.9. The van der Waals surface area contributed by atoms with Gasteiger partial charge in [0.2, 0.25) is 0 Å². The zero-order valence-electron chi connectivity index (χ0n) is 10.6.